The van der Waals surface area contributed by atoms with E-state index in [2.05, 4.69) is 15.0 Å². The molecule has 1 aromatic carbocycles. The summed E-state index contributed by atoms with van der Waals surface area (Å²) in [6.45, 7) is 2.82. The minimum atomic E-state index is -4.61. The van der Waals surface area contributed by atoms with Crippen LogP contribution in [0.3, 0.4) is 0 Å². The zero-order valence-electron chi connectivity index (χ0n) is 15.8. The number of rotatable bonds is 12. The molecule has 1 saturated heterocycles. The molecule has 1 aromatic rings. The van der Waals surface area contributed by atoms with Gasteiger partial charge in [-0.2, -0.15) is 0 Å². The quantitative estimate of drug-likeness (QED) is 0.521. The molecule has 1 amide bonds. The molecule has 0 radical (unpaired) electrons. The summed E-state index contributed by atoms with van der Waals surface area (Å²) in [4.78, 5) is 13.7. The maximum absolute atomic E-state index is 11.8. The van der Waals surface area contributed by atoms with Gasteiger partial charge in [0.15, 0.2) is 0 Å². The van der Waals surface area contributed by atoms with Crippen LogP contribution >= 0.6 is 0 Å². The number of carbonyl (C=O) groups is 1. The highest BCUT2D eigenvalue weighted by Crippen LogP contribution is 2.23. The molecule has 28 heavy (non-hydrogen) atoms. The molecular weight excluding hydrogens is 375 g/mol. The van der Waals surface area contributed by atoms with Crippen LogP contribution in [-0.4, -0.2) is 69.2 Å². The molecule has 1 fully saturated rings. The lowest BCUT2D eigenvalue weighted by Gasteiger charge is -2.23. The molecule has 158 valence electrons. The van der Waals surface area contributed by atoms with Crippen molar-refractivity contribution in [1.82, 2.24) is 10.2 Å². The fourth-order valence-corrected chi connectivity index (χ4v) is 3.39. The average Bonchev–Trinajstić information content (AvgIpc) is 3.07. The van der Waals surface area contributed by atoms with Gasteiger partial charge in [-0.15, -0.1) is 13.2 Å². The van der Waals surface area contributed by atoms with E-state index in [0.29, 0.717) is 25.6 Å². The smallest absolute Gasteiger partial charge is 0.378 e. The van der Waals surface area contributed by atoms with Crippen molar-refractivity contribution in [3.8, 4) is 0 Å². The van der Waals surface area contributed by atoms with Gasteiger partial charge >= 0.3 is 6.36 Å². The van der Waals surface area contributed by atoms with Crippen LogP contribution in [0.25, 0.3) is 0 Å². The lowest BCUT2D eigenvalue weighted by atomic mass is 9.95. The van der Waals surface area contributed by atoms with Crippen LogP contribution in [0, 0.1) is 0 Å². The molecule has 0 aliphatic carbocycles. The van der Waals surface area contributed by atoms with Crippen LogP contribution in [-0.2, 0) is 14.3 Å². The van der Waals surface area contributed by atoms with E-state index >= 15 is 0 Å². The molecule has 2 rings (SSSR count). The van der Waals surface area contributed by atoms with Gasteiger partial charge in [0.1, 0.15) is 0 Å². The Morgan fingerprint density at radius 1 is 1.25 bits per heavy atom. The Morgan fingerprint density at radius 2 is 2.00 bits per heavy atom. The fraction of sp³-hybridized carbons (Fsp3) is 0.632. The Bertz CT molecular complexity index is 587. The third-order valence-electron chi connectivity index (χ3n) is 4.64. The van der Waals surface area contributed by atoms with Crippen molar-refractivity contribution in [2.24, 2.45) is 5.73 Å². The SMILES string of the molecule is NC(=O)C[C@H](CN1CC[C@H](NCCOCCOC(F)(F)F)C1)c1ccccc1. The van der Waals surface area contributed by atoms with E-state index in [1.165, 1.54) is 0 Å². The summed E-state index contributed by atoms with van der Waals surface area (Å²) < 4.78 is 44.2. The van der Waals surface area contributed by atoms with Gasteiger partial charge in [-0.1, -0.05) is 30.3 Å². The predicted molar refractivity (Wildman–Crippen MR) is 98.7 cm³/mol. The first-order chi connectivity index (χ1) is 13.3. The number of hydrogen-bond donors (Lipinski definition) is 2. The van der Waals surface area contributed by atoms with Gasteiger partial charge in [-0.25, -0.2) is 0 Å². The molecule has 0 saturated carbocycles. The summed E-state index contributed by atoms with van der Waals surface area (Å²) in [5.41, 5.74) is 6.52. The van der Waals surface area contributed by atoms with Gasteiger partial charge < -0.3 is 20.7 Å². The topological polar surface area (TPSA) is 76.8 Å². The summed E-state index contributed by atoms with van der Waals surface area (Å²) >= 11 is 0. The maximum atomic E-state index is 11.8. The summed E-state index contributed by atoms with van der Waals surface area (Å²) in [5.74, 6) is -0.246. The Hall–Kier alpha value is -1.68. The second-order valence-corrected chi connectivity index (χ2v) is 6.88. The number of nitrogens with one attached hydrogen (secondary N) is 1. The van der Waals surface area contributed by atoms with E-state index in [9.17, 15) is 18.0 Å². The van der Waals surface area contributed by atoms with Crippen molar-refractivity contribution in [2.75, 3.05) is 46.0 Å². The standard InChI is InChI=1S/C19H28F3N3O3/c20-19(21,22)28-11-10-27-9-7-24-17-6-8-25(14-17)13-16(12-18(23)26)15-4-2-1-3-5-15/h1-5,16-17,24H,6-14H2,(H2,23,26)/t16-,17+/m1/s1. The van der Waals surface area contributed by atoms with Crippen molar-refractivity contribution in [2.45, 2.75) is 31.2 Å². The summed E-state index contributed by atoms with van der Waals surface area (Å²) in [6.07, 6.45) is -3.33. The van der Waals surface area contributed by atoms with Crippen LogP contribution in [0.5, 0.6) is 0 Å². The van der Waals surface area contributed by atoms with Gasteiger partial charge in [-0.05, 0) is 18.5 Å². The van der Waals surface area contributed by atoms with Crippen molar-refractivity contribution in [3.63, 3.8) is 0 Å². The number of nitrogens with two attached hydrogens (primary N) is 1. The number of hydrogen-bond acceptors (Lipinski definition) is 5. The number of nitrogens with zero attached hydrogens (tertiary/aromatic N) is 1. The predicted octanol–water partition coefficient (Wildman–Crippen LogP) is 1.86. The number of benzene rings is 1. The maximum Gasteiger partial charge on any atom is 0.522 e. The molecule has 1 aliphatic rings. The van der Waals surface area contributed by atoms with Crippen molar-refractivity contribution in [3.05, 3.63) is 35.9 Å². The zero-order valence-corrected chi connectivity index (χ0v) is 15.8. The number of carbonyl (C=O) groups excluding carboxylic acids is 1. The number of amides is 1. The van der Waals surface area contributed by atoms with Crippen LogP contribution in [0.15, 0.2) is 30.3 Å². The third kappa shape index (κ3) is 9.01. The van der Waals surface area contributed by atoms with Gasteiger partial charge in [0.25, 0.3) is 0 Å². The molecular formula is C19H28F3N3O3. The molecule has 1 heterocycles. The van der Waals surface area contributed by atoms with Gasteiger partial charge in [0, 0.05) is 38.0 Å². The summed E-state index contributed by atoms with van der Waals surface area (Å²) in [5, 5.41) is 3.35. The first-order valence-electron chi connectivity index (χ1n) is 9.41. The van der Waals surface area contributed by atoms with E-state index in [-0.39, 0.29) is 18.4 Å². The second kappa shape index (κ2) is 11.4. The lowest BCUT2D eigenvalue weighted by molar-refractivity contribution is -0.327. The van der Waals surface area contributed by atoms with E-state index in [1.54, 1.807) is 0 Å². The number of ether oxygens (including phenoxy) is 2. The van der Waals surface area contributed by atoms with Crippen molar-refractivity contribution >= 4 is 5.91 Å². The molecule has 0 spiro atoms. The number of halogens is 3. The van der Waals surface area contributed by atoms with Gasteiger partial charge in [-0.3, -0.25) is 9.53 Å². The number of likely N-dealkylation sites (tertiary alicyclic amines) is 1. The minimum Gasteiger partial charge on any atom is -0.378 e. The largest absolute Gasteiger partial charge is 0.522 e. The van der Waals surface area contributed by atoms with Crippen molar-refractivity contribution < 1.29 is 27.4 Å². The Morgan fingerprint density at radius 3 is 2.68 bits per heavy atom. The fourth-order valence-electron chi connectivity index (χ4n) is 3.39. The van der Waals surface area contributed by atoms with Gasteiger partial charge in [0.2, 0.25) is 5.91 Å². The number of alkyl halides is 3. The lowest BCUT2D eigenvalue weighted by Crippen LogP contribution is -2.36. The van der Waals surface area contributed by atoms with Crippen LogP contribution < -0.4 is 11.1 Å². The zero-order chi connectivity index (χ0) is 20.4. The molecule has 6 nitrogen and oxygen atoms in total. The van der Waals surface area contributed by atoms with Crippen molar-refractivity contribution in [1.29, 1.82) is 0 Å². The van der Waals surface area contributed by atoms with Gasteiger partial charge in [0.05, 0.1) is 19.8 Å². The van der Waals surface area contributed by atoms with Crippen LogP contribution in [0.4, 0.5) is 13.2 Å². The first-order valence-corrected chi connectivity index (χ1v) is 9.41. The van der Waals surface area contributed by atoms with E-state index < -0.39 is 13.0 Å². The molecule has 0 aromatic heterocycles. The average molecular weight is 403 g/mol. The molecule has 9 heteroatoms. The Labute approximate surface area is 163 Å². The highest BCUT2D eigenvalue weighted by Gasteiger charge is 2.28. The van der Waals surface area contributed by atoms with E-state index in [1.807, 2.05) is 30.3 Å². The van der Waals surface area contributed by atoms with Crippen LogP contribution in [0.1, 0.15) is 24.3 Å². The Balaban J connectivity index is 1.65. The summed E-state index contributed by atoms with van der Waals surface area (Å²) in [7, 11) is 0. The molecule has 1 aliphatic heterocycles. The monoisotopic (exact) mass is 403 g/mol. The molecule has 2 atom stereocenters. The molecule has 0 bridgehead atoms. The van der Waals surface area contributed by atoms with E-state index in [0.717, 1.165) is 31.6 Å². The number of primary amides is 1. The molecule has 0 unspecified atom stereocenters. The Kier molecular flexibility index (Phi) is 9.17. The first kappa shape index (κ1) is 22.6. The highest BCUT2D eigenvalue weighted by molar-refractivity contribution is 5.74. The highest BCUT2D eigenvalue weighted by atomic mass is 19.4. The van der Waals surface area contributed by atoms with E-state index in [4.69, 9.17) is 10.5 Å². The summed E-state index contributed by atoms with van der Waals surface area (Å²) in [6, 6.07) is 10.2. The normalized spacial score (nSPS) is 19.0. The third-order valence-corrected chi connectivity index (χ3v) is 4.64. The van der Waals surface area contributed by atoms with Crippen LogP contribution in [0.2, 0.25) is 0 Å². The minimum absolute atomic E-state index is 0.0643. The molecule has 3 N–H and O–H groups in total. The second-order valence-electron chi connectivity index (χ2n) is 6.88.